The molecule has 8 heteroatoms. The molecule has 0 fully saturated rings. The first kappa shape index (κ1) is 19.1. The zero-order valence-corrected chi connectivity index (χ0v) is 15.0. The average molecular weight is 348 g/mol. The van der Waals surface area contributed by atoms with Crippen LogP contribution in [0.1, 0.15) is 32.3 Å². The molecule has 0 unspecified atom stereocenters. The molecule has 0 aromatic heterocycles. The van der Waals surface area contributed by atoms with Gasteiger partial charge in [0.15, 0.2) is 9.84 Å². The number of sulfone groups is 1. The molecule has 0 saturated carbocycles. The van der Waals surface area contributed by atoms with Crippen LogP contribution < -0.4 is 10.5 Å². The zero-order chi connectivity index (χ0) is 17.2. The van der Waals surface area contributed by atoms with Crippen molar-refractivity contribution in [3.8, 4) is 0 Å². The molecule has 0 spiro atoms. The van der Waals surface area contributed by atoms with Gasteiger partial charge >= 0.3 is 0 Å². The molecule has 0 bridgehead atoms. The van der Waals surface area contributed by atoms with Gasteiger partial charge in [-0.15, -0.1) is 0 Å². The third-order valence-electron chi connectivity index (χ3n) is 3.97. The van der Waals surface area contributed by atoms with Crippen molar-refractivity contribution in [2.75, 3.05) is 12.8 Å². The Balaban J connectivity index is 3.40. The number of aryl methyl sites for hydroxylation is 1. The van der Waals surface area contributed by atoms with Crippen molar-refractivity contribution in [3.05, 3.63) is 23.8 Å². The minimum atomic E-state index is -3.86. The van der Waals surface area contributed by atoms with Gasteiger partial charge in [0.25, 0.3) is 0 Å². The van der Waals surface area contributed by atoms with Crippen LogP contribution in [0.2, 0.25) is 0 Å². The molecule has 1 aromatic carbocycles. The molecular weight excluding hydrogens is 324 g/mol. The van der Waals surface area contributed by atoms with Gasteiger partial charge in [0.2, 0.25) is 10.0 Å². The fourth-order valence-electron chi connectivity index (χ4n) is 2.17. The fraction of sp³-hybridized carbons (Fsp3) is 0.571. The van der Waals surface area contributed by atoms with E-state index in [2.05, 4.69) is 4.72 Å². The summed E-state index contributed by atoms with van der Waals surface area (Å²) in [5.41, 5.74) is 5.48. The van der Waals surface area contributed by atoms with Crippen molar-refractivity contribution in [1.82, 2.24) is 4.72 Å². The fourth-order valence-corrected chi connectivity index (χ4v) is 4.71. The standard InChI is InChI=1S/C14H24N2O4S2/c1-5-14(6-2,10-15)16-22(19,20)13-9-12(21(4,17)18)8-7-11(13)3/h7-9,16H,5-6,10,15H2,1-4H3. The van der Waals surface area contributed by atoms with Crippen LogP contribution in [0.4, 0.5) is 0 Å². The van der Waals surface area contributed by atoms with E-state index in [0.717, 1.165) is 6.26 Å². The van der Waals surface area contributed by atoms with E-state index in [1.54, 1.807) is 6.92 Å². The Morgan fingerprint density at radius 1 is 1.14 bits per heavy atom. The van der Waals surface area contributed by atoms with Crippen molar-refractivity contribution in [2.24, 2.45) is 5.73 Å². The highest BCUT2D eigenvalue weighted by Gasteiger charge is 2.32. The van der Waals surface area contributed by atoms with E-state index < -0.39 is 25.4 Å². The van der Waals surface area contributed by atoms with Crippen LogP contribution in [-0.2, 0) is 19.9 Å². The second-order valence-electron chi connectivity index (χ2n) is 5.50. The summed E-state index contributed by atoms with van der Waals surface area (Å²) in [5.74, 6) is 0. The second-order valence-corrected chi connectivity index (χ2v) is 9.16. The minimum absolute atomic E-state index is 0.0233. The lowest BCUT2D eigenvalue weighted by Gasteiger charge is -2.31. The molecule has 126 valence electrons. The molecule has 1 aromatic rings. The summed E-state index contributed by atoms with van der Waals surface area (Å²) in [6, 6.07) is 4.09. The maximum absolute atomic E-state index is 12.7. The van der Waals surface area contributed by atoms with Crippen LogP contribution in [0, 0.1) is 6.92 Å². The van der Waals surface area contributed by atoms with Gasteiger partial charge in [0.1, 0.15) is 0 Å². The summed E-state index contributed by atoms with van der Waals surface area (Å²) in [4.78, 5) is -0.0556. The Labute approximate surface area is 133 Å². The van der Waals surface area contributed by atoms with E-state index >= 15 is 0 Å². The molecular formula is C14H24N2O4S2. The predicted molar refractivity (Wildman–Crippen MR) is 87.0 cm³/mol. The van der Waals surface area contributed by atoms with Crippen molar-refractivity contribution in [2.45, 2.75) is 48.9 Å². The van der Waals surface area contributed by atoms with E-state index in [9.17, 15) is 16.8 Å². The van der Waals surface area contributed by atoms with Crippen LogP contribution in [0.15, 0.2) is 28.0 Å². The molecule has 0 aliphatic carbocycles. The normalized spacial score (nSPS) is 13.3. The van der Waals surface area contributed by atoms with Gasteiger partial charge in [-0.2, -0.15) is 0 Å². The molecule has 0 aliphatic heterocycles. The van der Waals surface area contributed by atoms with Crippen LogP contribution in [0.5, 0.6) is 0 Å². The summed E-state index contributed by atoms with van der Waals surface area (Å²) in [6.07, 6.45) is 2.14. The summed E-state index contributed by atoms with van der Waals surface area (Å²) < 4.78 is 51.3. The number of hydrogen-bond acceptors (Lipinski definition) is 5. The van der Waals surface area contributed by atoms with E-state index in [0.29, 0.717) is 18.4 Å². The topological polar surface area (TPSA) is 106 Å². The Morgan fingerprint density at radius 3 is 2.09 bits per heavy atom. The highest BCUT2D eigenvalue weighted by atomic mass is 32.2. The Bertz CT molecular complexity index is 728. The first-order valence-electron chi connectivity index (χ1n) is 7.06. The molecule has 3 N–H and O–H groups in total. The smallest absolute Gasteiger partial charge is 0.241 e. The summed E-state index contributed by atoms with van der Waals surface area (Å²) in [7, 11) is -7.34. The van der Waals surface area contributed by atoms with Crippen LogP contribution >= 0.6 is 0 Å². The minimum Gasteiger partial charge on any atom is -0.329 e. The highest BCUT2D eigenvalue weighted by molar-refractivity contribution is 7.91. The van der Waals surface area contributed by atoms with Gasteiger partial charge in [-0.25, -0.2) is 21.6 Å². The monoisotopic (exact) mass is 348 g/mol. The molecule has 0 atom stereocenters. The molecule has 0 amide bonds. The Kier molecular flexibility index (Phi) is 5.77. The van der Waals surface area contributed by atoms with Crippen LogP contribution in [0.3, 0.4) is 0 Å². The van der Waals surface area contributed by atoms with Crippen molar-refractivity contribution < 1.29 is 16.8 Å². The molecule has 6 nitrogen and oxygen atoms in total. The summed E-state index contributed by atoms with van der Waals surface area (Å²) in [5, 5.41) is 0. The number of benzene rings is 1. The molecule has 0 radical (unpaired) electrons. The van der Waals surface area contributed by atoms with Crippen molar-refractivity contribution in [3.63, 3.8) is 0 Å². The molecule has 0 aliphatic rings. The Morgan fingerprint density at radius 2 is 1.68 bits per heavy atom. The number of sulfonamides is 1. The molecule has 22 heavy (non-hydrogen) atoms. The van der Waals surface area contributed by atoms with E-state index in [1.165, 1.54) is 18.2 Å². The van der Waals surface area contributed by atoms with E-state index in [1.807, 2.05) is 13.8 Å². The number of hydrogen-bond donors (Lipinski definition) is 2. The number of nitrogens with one attached hydrogen (secondary N) is 1. The maximum atomic E-state index is 12.7. The summed E-state index contributed by atoms with van der Waals surface area (Å²) in [6.45, 7) is 5.52. The lowest BCUT2D eigenvalue weighted by atomic mass is 9.95. The first-order valence-corrected chi connectivity index (χ1v) is 10.4. The first-order chi connectivity index (χ1) is 10.0. The quantitative estimate of drug-likeness (QED) is 0.770. The van der Waals surface area contributed by atoms with Gasteiger partial charge in [-0.1, -0.05) is 19.9 Å². The van der Waals surface area contributed by atoms with Crippen molar-refractivity contribution >= 4 is 19.9 Å². The van der Waals surface area contributed by atoms with Gasteiger partial charge < -0.3 is 5.73 Å². The highest BCUT2D eigenvalue weighted by Crippen LogP contribution is 2.23. The van der Waals surface area contributed by atoms with Crippen molar-refractivity contribution in [1.29, 1.82) is 0 Å². The van der Waals surface area contributed by atoms with Crippen LogP contribution in [-0.4, -0.2) is 35.2 Å². The van der Waals surface area contributed by atoms with Gasteiger partial charge in [-0.05, 0) is 37.5 Å². The van der Waals surface area contributed by atoms with E-state index in [-0.39, 0.29) is 16.3 Å². The lowest BCUT2D eigenvalue weighted by Crippen LogP contribution is -2.52. The molecule has 0 heterocycles. The van der Waals surface area contributed by atoms with Crippen LogP contribution in [0.25, 0.3) is 0 Å². The van der Waals surface area contributed by atoms with Gasteiger partial charge in [0.05, 0.1) is 9.79 Å². The zero-order valence-electron chi connectivity index (χ0n) is 13.4. The predicted octanol–water partition coefficient (Wildman–Crippen LogP) is 1.19. The third kappa shape index (κ3) is 4.07. The summed E-state index contributed by atoms with van der Waals surface area (Å²) >= 11 is 0. The van der Waals surface area contributed by atoms with Gasteiger partial charge in [-0.3, -0.25) is 0 Å². The average Bonchev–Trinajstić information content (AvgIpc) is 2.44. The molecule has 0 saturated heterocycles. The van der Waals surface area contributed by atoms with E-state index in [4.69, 9.17) is 5.73 Å². The SMILES string of the molecule is CCC(CC)(CN)NS(=O)(=O)c1cc(S(C)(=O)=O)ccc1C. The Hall–Kier alpha value is -0.960. The third-order valence-corrected chi connectivity index (χ3v) is 6.80. The largest absolute Gasteiger partial charge is 0.329 e. The lowest BCUT2D eigenvalue weighted by molar-refractivity contribution is 0.363. The second kappa shape index (κ2) is 6.66. The number of rotatable bonds is 7. The molecule has 1 rings (SSSR count). The van der Waals surface area contributed by atoms with Gasteiger partial charge in [0, 0.05) is 18.3 Å². The number of nitrogens with two attached hydrogens (primary N) is 1. The maximum Gasteiger partial charge on any atom is 0.241 e.